The van der Waals surface area contributed by atoms with Gasteiger partial charge in [0.15, 0.2) is 12.1 Å². The highest BCUT2D eigenvalue weighted by molar-refractivity contribution is 5.72. The minimum absolute atomic E-state index is 0.0537. The number of carbonyl (C=O) groups is 3. The van der Waals surface area contributed by atoms with E-state index >= 15 is 0 Å². The summed E-state index contributed by atoms with van der Waals surface area (Å²) < 4.78 is 17.3. The zero-order valence-corrected chi connectivity index (χ0v) is 39.2. The van der Waals surface area contributed by atoms with Gasteiger partial charge in [0.05, 0.1) is 34.4 Å². The Bertz CT molecular complexity index is 1060. The molecular formula is C51H94NO7+. The minimum Gasteiger partial charge on any atom is -0.477 e. The molecule has 344 valence electrons. The Labute approximate surface area is 364 Å². The van der Waals surface area contributed by atoms with Gasteiger partial charge < -0.3 is 23.8 Å². The number of hydrogen-bond donors (Lipinski definition) is 1. The van der Waals surface area contributed by atoms with Crippen LogP contribution in [0, 0.1) is 0 Å². The van der Waals surface area contributed by atoms with Crippen LogP contribution in [0.4, 0.5) is 0 Å². The molecule has 0 saturated heterocycles. The van der Waals surface area contributed by atoms with Gasteiger partial charge in [0.1, 0.15) is 6.61 Å². The van der Waals surface area contributed by atoms with Crippen molar-refractivity contribution in [3.05, 3.63) is 36.5 Å². The monoisotopic (exact) mass is 833 g/mol. The first kappa shape index (κ1) is 56.5. The zero-order valence-electron chi connectivity index (χ0n) is 39.2. The van der Waals surface area contributed by atoms with Gasteiger partial charge in [0.25, 0.3) is 0 Å². The Morgan fingerprint density at radius 3 is 1.34 bits per heavy atom. The lowest BCUT2D eigenvalue weighted by Crippen LogP contribution is -2.50. The van der Waals surface area contributed by atoms with Crippen LogP contribution >= 0.6 is 0 Å². The van der Waals surface area contributed by atoms with Gasteiger partial charge in [0.2, 0.25) is 0 Å². The first-order valence-electron chi connectivity index (χ1n) is 24.5. The lowest BCUT2D eigenvalue weighted by Gasteiger charge is -2.31. The number of rotatable bonds is 44. The largest absolute Gasteiger partial charge is 0.477 e. The van der Waals surface area contributed by atoms with E-state index in [2.05, 4.69) is 50.3 Å². The van der Waals surface area contributed by atoms with Gasteiger partial charge in [0, 0.05) is 19.3 Å². The molecule has 0 aromatic carbocycles. The first-order chi connectivity index (χ1) is 28.6. The van der Waals surface area contributed by atoms with Gasteiger partial charge in [-0.15, -0.1) is 0 Å². The van der Waals surface area contributed by atoms with Crippen molar-refractivity contribution in [1.82, 2.24) is 0 Å². The third-order valence-electron chi connectivity index (χ3n) is 11.0. The van der Waals surface area contributed by atoms with Crippen LogP contribution in [0.25, 0.3) is 0 Å². The molecule has 8 nitrogen and oxygen atoms in total. The van der Waals surface area contributed by atoms with E-state index < -0.39 is 18.1 Å². The summed E-state index contributed by atoms with van der Waals surface area (Å²) in [5.41, 5.74) is 0. The van der Waals surface area contributed by atoms with Crippen molar-refractivity contribution >= 4 is 17.9 Å². The average molecular weight is 833 g/mol. The molecule has 0 fully saturated rings. The maximum atomic E-state index is 12.7. The van der Waals surface area contributed by atoms with E-state index in [-0.39, 0.29) is 36.2 Å². The molecule has 2 unspecified atom stereocenters. The average Bonchev–Trinajstić information content (AvgIpc) is 3.19. The third kappa shape index (κ3) is 40.7. The molecule has 0 amide bonds. The number of likely N-dealkylation sites (N-methyl/N-ethyl adjacent to an activating group) is 1. The summed E-state index contributed by atoms with van der Waals surface area (Å²) >= 11 is 0. The van der Waals surface area contributed by atoms with Crippen molar-refractivity contribution in [2.24, 2.45) is 0 Å². The highest BCUT2D eigenvalue weighted by Crippen LogP contribution is 2.14. The lowest BCUT2D eigenvalue weighted by atomic mass is 10.1. The molecule has 1 N–H and O–H groups in total. The summed E-state index contributed by atoms with van der Waals surface area (Å²) in [6.07, 6.45) is 49.1. The van der Waals surface area contributed by atoms with Crippen molar-refractivity contribution < 1.29 is 38.2 Å². The van der Waals surface area contributed by atoms with Crippen molar-refractivity contribution in [3.8, 4) is 0 Å². The highest BCUT2D eigenvalue weighted by Gasteiger charge is 2.31. The topological polar surface area (TPSA) is 99.1 Å². The van der Waals surface area contributed by atoms with E-state index in [1.807, 2.05) is 21.1 Å². The molecule has 0 aromatic heterocycles. The molecule has 0 heterocycles. The first-order valence-corrected chi connectivity index (χ1v) is 24.5. The van der Waals surface area contributed by atoms with Crippen LogP contribution in [0.5, 0.6) is 0 Å². The number of esters is 2. The number of carboxylic acid groups (broad SMARTS) is 1. The molecule has 0 spiro atoms. The molecule has 0 aliphatic carbocycles. The summed E-state index contributed by atoms with van der Waals surface area (Å²) in [7, 11) is 5.52. The van der Waals surface area contributed by atoms with Crippen molar-refractivity contribution in [1.29, 1.82) is 0 Å². The number of allylic oxidation sites excluding steroid dienone is 6. The maximum Gasteiger partial charge on any atom is 0.362 e. The molecule has 0 saturated carbocycles. The van der Waals surface area contributed by atoms with Gasteiger partial charge in [-0.1, -0.05) is 166 Å². The summed E-state index contributed by atoms with van der Waals surface area (Å²) in [6.45, 7) is 4.72. The van der Waals surface area contributed by atoms with Crippen molar-refractivity contribution in [3.63, 3.8) is 0 Å². The Morgan fingerprint density at radius 1 is 0.508 bits per heavy atom. The molecule has 0 radical (unpaired) electrons. The molecule has 0 bridgehead atoms. The fraction of sp³-hybridized carbons (Fsp3) is 0.824. The van der Waals surface area contributed by atoms with Gasteiger partial charge in [-0.3, -0.25) is 9.59 Å². The number of unbranched alkanes of at least 4 members (excludes halogenated alkanes) is 24. The quantitative estimate of drug-likeness (QED) is 0.0282. The molecule has 0 aliphatic heterocycles. The Hall–Kier alpha value is -2.45. The summed E-state index contributed by atoms with van der Waals surface area (Å²) in [6, 6.07) is -0.618. The van der Waals surface area contributed by atoms with Crippen LogP contribution < -0.4 is 0 Å². The van der Waals surface area contributed by atoms with Crippen LogP contribution in [0.1, 0.15) is 219 Å². The molecular weight excluding hydrogens is 739 g/mol. The molecule has 0 rings (SSSR count). The summed E-state index contributed by atoms with van der Waals surface area (Å²) in [5.74, 6) is -1.49. The predicted octanol–water partition coefficient (Wildman–Crippen LogP) is 13.8. The van der Waals surface area contributed by atoms with Crippen molar-refractivity contribution in [2.45, 2.75) is 231 Å². The Kier molecular flexibility index (Phi) is 40.5. The zero-order chi connectivity index (χ0) is 43.5. The Balaban J connectivity index is 4.25. The van der Waals surface area contributed by atoms with E-state index in [1.165, 1.54) is 122 Å². The number of ether oxygens (including phenoxy) is 3. The van der Waals surface area contributed by atoms with Crippen LogP contribution in [-0.2, 0) is 28.6 Å². The fourth-order valence-electron chi connectivity index (χ4n) is 7.18. The number of carboxylic acids is 1. The number of quaternary nitrogens is 1. The van der Waals surface area contributed by atoms with Crippen LogP contribution in [-0.4, -0.2) is 80.6 Å². The SMILES string of the molecule is CCCCCCCC/C=C/CCCCCC(=O)OC(COCCC(C(=O)O)[N+](C)(C)C)COC(=O)CCCCCCCCC/C=C/C/C=C/CCCCCCCCCC. The maximum absolute atomic E-state index is 12.7. The predicted molar refractivity (Wildman–Crippen MR) is 248 cm³/mol. The van der Waals surface area contributed by atoms with Gasteiger partial charge in [-0.2, -0.15) is 0 Å². The minimum atomic E-state index is -0.878. The number of hydrogen-bond acceptors (Lipinski definition) is 6. The number of aliphatic carboxylic acids is 1. The molecule has 0 aliphatic rings. The van der Waals surface area contributed by atoms with Crippen LogP contribution in [0.3, 0.4) is 0 Å². The normalized spacial score (nSPS) is 13.2. The lowest BCUT2D eigenvalue weighted by molar-refractivity contribution is -0.887. The van der Waals surface area contributed by atoms with Gasteiger partial charge >= 0.3 is 17.9 Å². The molecule has 8 heteroatoms. The van der Waals surface area contributed by atoms with E-state index in [0.717, 1.165) is 64.2 Å². The van der Waals surface area contributed by atoms with Gasteiger partial charge in [-0.05, 0) is 70.6 Å². The second-order valence-corrected chi connectivity index (χ2v) is 17.7. The molecule has 0 aromatic rings. The highest BCUT2D eigenvalue weighted by atomic mass is 16.6. The van der Waals surface area contributed by atoms with Gasteiger partial charge in [-0.25, -0.2) is 4.79 Å². The standard InChI is InChI=1S/C51H93NO7/c1-6-8-10-12-14-16-18-20-21-22-23-24-25-26-27-28-30-31-33-35-37-39-41-49(53)58-46-47(45-57-44-43-48(51(55)56)52(3,4)5)59-50(54)42-40-38-36-34-32-29-19-17-15-13-11-9-7-2/h22-23,25-26,29,32,47-48H,6-21,24,27-28,30-31,33-46H2,1-5H3/p+1/b23-22+,26-25+,32-29+. The molecule has 2 atom stereocenters. The third-order valence-corrected chi connectivity index (χ3v) is 11.0. The summed E-state index contributed by atoms with van der Waals surface area (Å²) in [4.78, 5) is 37.0. The summed E-state index contributed by atoms with van der Waals surface area (Å²) in [5, 5.41) is 9.63. The number of carbonyl (C=O) groups excluding carboxylic acids is 2. The second-order valence-electron chi connectivity index (χ2n) is 17.7. The smallest absolute Gasteiger partial charge is 0.362 e. The Morgan fingerprint density at radius 2 is 0.898 bits per heavy atom. The number of nitrogens with zero attached hydrogens (tertiary/aromatic N) is 1. The van der Waals surface area contributed by atoms with E-state index in [1.54, 1.807) is 0 Å². The van der Waals surface area contributed by atoms with E-state index in [0.29, 0.717) is 19.3 Å². The second kappa shape index (κ2) is 42.2. The van der Waals surface area contributed by atoms with Crippen LogP contribution in [0.15, 0.2) is 36.5 Å². The van der Waals surface area contributed by atoms with Crippen LogP contribution in [0.2, 0.25) is 0 Å². The molecule has 59 heavy (non-hydrogen) atoms. The fourth-order valence-corrected chi connectivity index (χ4v) is 7.18. The van der Waals surface area contributed by atoms with E-state index in [4.69, 9.17) is 14.2 Å². The van der Waals surface area contributed by atoms with E-state index in [9.17, 15) is 19.5 Å². The van der Waals surface area contributed by atoms with Crippen molar-refractivity contribution in [2.75, 3.05) is 41.0 Å².